The van der Waals surface area contributed by atoms with Crippen molar-refractivity contribution in [3.63, 3.8) is 0 Å². The van der Waals surface area contributed by atoms with Crippen molar-refractivity contribution in [2.45, 2.75) is 37.5 Å². The maximum atomic E-state index is 5.99. The van der Waals surface area contributed by atoms with Gasteiger partial charge in [-0.25, -0.2) is 4.98 Å². The van der Waals surface area contributed by atoms with Crippen molar-refractivity contribution in [3.8, 4) is 0 Å². The zero-order chi connectivity index (χ0) is 11.9. The van der Waals surface area contributed by atoms with Crippen LogP contribution in [-0.2, 0) is 0 Å². The summed E-state index contributed by atoms with van der Waals surface area (Å²) in [6, 6.07) is 6.54. The lowest BCUT2D eigenvalue weighted by atomic mass is 9.98. The van der Waals surface area contributed by atoms with Crippen molar-refractivity contribution in [1.29, 1.82) is 0 Å². The van der Waals surface area contributed by atoms with Crippen LogP contribution in [0.4, 0.5) is 0 Å². The summed E-state index contributed by atoms with van der Waals surface area (Å²) in [6.07, 6.45) is 4.95. The van der Waals surface area contributed by atoms with E-state index >= 15 is 0 Å². The van der Waals surface area contributed by atoms with Crippen molar-refractivity contribution >= 4 is 11.1 Å². The van der Waals surface area contributed by atoms with E-state index in [2.05, 4.69) is 28.5 Å². The van der Waals surface area contributed by atoms with Crippen LogP contribution >= 0.6 is 0 Å². The Morgan fingerprint density at radius 2 is 1.89 bits per heavy atom. The lowest BCUT2D eigenvalue weighted by molar-refractivity contribution is 0.385. The molecular formula is C15H18N2O. The second-order valence-electron chi connectivity index (χ2n) is 5.58. The summed E-state index contributed by atoms with van der Waals surface area (Å²) in [4.78, 5) is 4.66. The predicted molar refractivity (Wildman–Crippen MR) is 70.8 cm³/mol. The van der Waals surface area contributed by atoms with Gasteiger partial charge in [0.2, 0.25) is 0 Å². The highest BCUT2D eigenvalue weighted by Crippen LogP contribution is 2.41. The van der Waals surface area contributed by atoms with Crippen LogP contribution in [0.1, 0.15) is 49.0 Å². The lowest BCUT2D eigenvalue weighted by Gasteiger charge is -2.19. The van der Waals surface area contributed by atoms with Crippen LogP contribution in [0.5, 0.6) is 0 Å². The first-order valence-electron chi connectivity index (χ1n) is 7.01. The van der Waals surface area contributed by atoms with Gasteiger partial charge in [-0.3, -0.25) is 0 Å². The maximum absolute atomic E-state index is 5.99. The molecule has 1 aliphatic carbocycles. The Labute approximate surface area is 107 Å². The average Bonchev–Trinajstić information content (AvgIpc) is 3.18. The minimum Gasteiger partial charge on any atom is -0.440 e. The molecule has 0 unspecified atom stereocenters. The molecule has 3 heteroatoms. The summed E-state index contributed by atoms with van der Waals surface area (Å²) in [7, 11) is 0. The predicted octanol–water partition coefficient (Wildman–Crippen LogP) is 3.17. The first kappa shape index (κ1) is 10.6. The van der Waals surface area contributed by atoms with Gasteiger partial charge in [0, 0.05) is 5.92 Å². The van der Waals surface area contributed by atoms with Gasteiger partial charge in [0.15, 0.2) is 11.5 Å². The van der Waals surface area contributed by atoms with Gasteiger partial charge in [0.05, 0.1) is 0 Å². The smallest absolute Gasteiger partial charge is 0.198 e. The number of nitrogens with one attached hydrogen (secondary N) is 1. The van der Waals surface area contributed by atoms with Gasteiger partial charge in [-0.15, -0.1) is 0 Å². The molecule has 18 heavy (non-hydrogen) atoms. The average molecular weight is 242 g/mol. The van der Waals surface area contributed by atoms with Crippen LogP contribution in [0.2, 0.25) is 0 Å². The number of fused-ring (bicyclic) bond motifs is 1. The monoisotopic (exact) mass is 242 g/mol. The SMILES string of the molecule is c1cc2nc(C3CCNCC3)oc2cc1C1CC1. The molecule has 1 aromatic carbocycles. The van der Waals surface area contributed by atoms with Crippen molar-refractivity contribution in [2.75, 3.05) is 13.1 Å². The number of hydrogen-bond donors (Lipinski definition) is 1. The topological polar surface area (TPSA) is 38.1 Å². The summed E-state index contributed by atoms with van der Waals surface area (Å²) in [5.41, 5.74) is 3.43. The van der Waals surface area contributed by atoms with E-state index in [1.807, 2.05) is 0 Å². The summed E-state index contributed by atoms with van der Waals surface area (Å²) >= 11 is 0. The number of oxazole rings is 1. The van der Waals surface area contributed by atoms with E-state index in [1.54, 1.807) is 0 Å². The Kier molecular flexibility index (Phi) is 2.40. The van der Waals surface area contributed by atoms with Crippen LogP contribution < -0.4 is 5.32 Å². The molecule has 3 nitrogen and oxygen atoms in total. The highest BCUT2D eigenvalue weighted by Gasteiger charge is 2.25. The van der Waals surface area contributed by atoms with Crippen molar-refractivity contribution < 1.29 is 4.42 Å². The first-order valence-corrected chi connectivity index (χ1v) is 7.01. The minimum absolute atomic E-state index is 0.503. The van der Waals surface area contributed by atoms with Crippen molar-refractivity contribution in [2.24, 2.45) is 0 Å². The first-order chi connectivity index (χ1) is 8.90. The van der Waals surface area contributed by atoms with Crippen LogP contribution in [0.3, 0.4) is 0 Å². The third kappa shape index (κ3) is 1.83. The number of nitrogens with zero attached hydrogens (tertiary/aromatic N) is 1. The number of aromatic nitrogens is 1. The molecule has 1 saturated carbocycles. The van der Waals surface area contributed by atoms with Crippen LogP contribution in [-0.4, -0.2) is 18.1 Å². The largest absolute Gasteiger partial charge is 0.440 e. The summed E-state index contributed by atoms with van der Waals surface area (Å²) in [5, 5.41) is 3.38. The number of rotatable bonds is 2. The third-order valence-corrected chi connectivity index (χ3v) is 4.17. The molecule has 0 atom stereocenters. The molecule has 94 valence electrons. The van der Waals surface area contributed by atoms with Crippen LogP contribution in [0.25, 0.3) is 11.1 Å². The van der Waals surface area contributed by atoms with Gasteiger partial charge in [-0.05, 0) is 62.4 Å². The Bertz CT molecular complexity index is 565. The van der Waals surface area contributed by atoms with Crippen molar-refractivity contribution in [3.05, 3.63) is 29.7 Å². The minimum atomic E-state index is 0.503. The molecule has 0 spiro atoms. The number of piperidine rings is 1. The molecule has 0 bridgehead atoms. The van der Waals surface area contributed by atoms with Gasteiger partial charge in [0.1, 0.15) is 5.52 Å². The third-order valence-electron chi connectivity index (χ3n) is 4.17. The Hall–Kier alpha value is -1.35. The Balaban J connectivity index is 1.69. The highest BCUT2D eigenvalue weighted by atomic mass is 16.3. The van der Waals surface area contributed by atoms with Crippen molar-refractivity contribution in [1.82, 2.24) is 10.3 Å². The fraction of sp³-hybridized carbons (Fsp3) is 0.533. The molecule has 2 heterocycles. The van der Waals surface area contributed by atoms with E-state index in [0.29, 0.717) is 5.92 Å². The van der Waals surface area contributed by atoms with E-state index in [0.717, 1.165) is 48.8 Å². The molecule has 2 aliphatic rings. The second kappa shape index (κ2) is 4.09. The standard InChI is InChI=1S/C15H18N2O/c1-2-10(1)12-3-4-13-14(9-12)18-15(17-13)11-5-7-16-8-6-11/h3-4,9-11,16H,1-2,5-8H2. The fourth-order valence-electron chi connectivity index (χ4n) is 2.87. The van der Waals surface area contributed by atoms with Crippen LogP contribution in [0.15, 0.2) is 22.6 Å². The normalized spacial score (nSPS) is 21.6. The fourth-order valence-corrected chi connectivity index (χ4v) is 2.87. The zero-order valence-electron chi connectivity index (χ0n) is 10.5. The van der Waals surface area contributed by atoms with E-state index in [9.17, 15) is 0 Å². The lowest BCUT2D eigenvalue weighted by Crippen LogP contribution is -2.26. The Morgan fingerprint density at radius 3 is 2.67 bits per heavy atom. The van der Waals surface area contributed by atoms with Gasteiger partial charge in [-0.2, -0.15) is 0 Å². The van der Waals surface area contributed by atoms with E-state index in [4.69, 9.17) is 4.42 Å². The van der Waals surface area contributed by atoms with E-state index < -0.39 is 0 Å². The molecule has 0 radical (unpaired) electrons. The zero-order valence-corrected chi connectivity index (χ0v) is 10.5. The van der Waals surface area contributed by atoms with Crippen LogP contribution in [0, 0.1) is 0 Å². The molecule has 4 rings (SSSR count). The molecule has 2 fully saturated rings. The van der Waals surface area contributed by atoms with Gasteiger partial charge in [0.25, 0.3) is 0 Å². The summed E-state index contributed by atoms with van der Waals surface area (Å²) in [6.45, 7) is 2.16. The molecule has 1 saturated heterocycles. The maximum Gasteiger partial charge on any atom is 0.198 e. The summed E-state index contributed by atoms with van der Waals surface area (Å²) < 4.78 is 5.99. The molecule has 1 N–H and O–H groups in total. The molecular weight excluding hydrogens is 224 g/mol. The van der Waals surface area contributed by atoms with Gasteiger partial charge >= 0.3 is 0 Å². The quantitative estimate of drug-likeness (QED) is 0.879. The Morgan fingerprint density at radius 1 is 1.06 bits per heavy atom. The second-order valence-corrected chi connectivity index (χ2v) is 5.58. The molecule has 2 aromatic rings. The molecule has 1 aliphatic heterocycles. The van der Waals surface area contributed by atoms with Gasteiger partial charge in [-0.1, -0.05) is 6.07 Å². The van der Waals surface area contributed by atoms with E-state index in [1.165, 1.54) is 18.4 Å². The molecule has 0 amide bonds. The summed E-state index contributed by atoms with van der Waals surface area (Å²) in [5.74, 6) is 2.23. The van der Waals surface area contributed by atoms with E-state index in [-0.39, 0.29) is 0 Å². The number of hydrogen-bond acceptors (Lipinski definition) is 3. The highest BCUT2D eigenvalue weighted by molar-refractivity contribution is 5.73. The molecule has 1 aromatic heterocycles. The number of benzene rings is 1. The van der Waals surface area contributed by atoms with Gasteiger partial charge < -0.3 is 9.73 Å².